The van der Waals surface area contributed by atoms with Gasteiger partial charge in [0.2, 0.25) is 0 Å². The average molecular weight is 1590 g/mol. The van der Waals surface area contributed by atoms with Crippen molar-refractivity contribution in [2.45, 2.75) is 302 Å². The Balaban J connectivity index is 0.000000650. The molecule has 0 aliphatic rings. The van der Waals surface area contributed by atoms with Gasteiger partial charge in [-0.05, 0) is 306 Å². The number of hydrogen-bond donors (Lipinski definition) is 0. The van der Waals surface area contributed by atoms with Crippen LogP contribution in [-0.2, 0) is 0 Å². The number of rotatable bonds is 16. The third-order valence-corrected chi connectivity index (χ3v) is 20.9. The van der Waals surface area contributed by atoms with Gasteiger partial charge in [0.15, 0.2) is 0 Å². The standard InChI is InChI=1S/C12H18O.C12H18.C11H16O2.3C11H16O.3C11H16.C10H14/c1-8(2)11-6-9(3)10(4)7-12(11)13-5;1-8(2)12-7-10(4)9(3)6-11(12)5;1-8(2)10-7-9(12-3)5-6-11(10)13-4;2*1-8(2)10-7-9(3)5-6-11(10)12-4;1-8(2)10-6-5-9(3)7-11(10)12-4;3*1-8(2)11-6-5-9(3)7-10(11)4;1-8(2)10-6-4-5-9(3)7-10/h6-8H,1-5H3;6-8H,1-5H3;5-8H,1-4H3;3*5-8H,1-4H3;3*5-8H,1-4H3;4-8H,1-3H3. The van der Waals surface area contributed by atoms with Crippen LogP contribution in [0.2, 0.25) is 0 Å². The van der Waals surface area contributed by atoms with Gasteiger partial charge < -0.3 is 28.4 Å². The lowest BCUT2D eigenvalue weighted by atomic mass is 9.94. The summed E-state index contributed by atoms with van der Waals surface area (Å²) in [7, 11) is 10.3. The van der Waals surface area contributed by atoms with Crippen LogP contribution < -0.4 is 28.4 Å². The summed E-state index contributed by atoms with van der Waals surface area (Å²) in [6.45, 7) is 76.2. The fraction of sp³-hybridized carbons (Fsp3) is 0.459. The minimum atomic E-state index is 0.449. The molecule has 10 aromatic rings. The largest absolute Gasteiger partial charge is 0.497 e. The topological polar surface area (TPSA) is 55.4 Å². The maximum atomic E-state index is 5.34. The van der Waals surface area contributed by atoms with E-state index in [9.17, 15) is 0 Å². The molecule has 6 heteroatoms. The second-order valence-corrected chi connectivity index (χ2v) is 34.9. The van der Waals surface area contributed by atoms with Crippen LogP contribution in [0.25, 0.3) is 0 Å². The van der Waals surface area contributed by atoms with Gasteiger partial charge in [-0.25, -0.2) is 0 Å². The molecule has 0 heterocycles. The highest BCUT2D eigenvalue weighted by atomic mass is 16.5. The molecular weight excluding hydrogens is 1430 g/mol. The molecule has 642 valence electrons. The smallest absolute Gasteiger partial charge is 0.122 e. The van der Waals surface area contributed by atoms with Crippen molar-refractivity contribution in [2.75, 3.05) is 42.7 Å². The van der Waals surface area contributed by atoms with E-state index < -0.39 is 0 Å². The first-order valence-electron chi connectivity index (χ1n) is 42.9. The normalized spacial score (nSPS) is 10.5. The van der Waals surface area contributed by atoms with Gasteiger partial charge in [-0.2, -0.15) is 0 Å². The monoisotopic (exact) mass is 1590 g/mol. The Morgan fingerprint density at radius 1 is 0.162 bits per heavy atom. The van der Waals surface area contributed by atoms with E-state index in [1.165, 1.54) is 139 Å². The Kier molecular flexibility index (Phi) is 49.1. The van der Waals surface area contributed by atoms with E-state index in [0.29, 0.717) is 59.2 Å². The lowest BCUT2D eigenvalue weighted by Crippen LogP contribution is -1.96. The van der Waals surface area contributed by atoms with Crippen LogP contribution in [-0.4, -0.2) is 42.7 Å². The van der Waals surface area contributed by atoms with Crippen LogP contribution in [0.15, 0.2) is 176 Å². The maximum absolute atomic E-state index is 5.34. The van der Waals surface area contributed by atoms with E-state index in [0.717, 1.165) is 34.5 Å². The Bertz CT molecular complexity index is 4320. The molecule has 0 aromatic heterocycles. The molecule has 0 atom stereocenters. The van der Waals surface area contributed by atoms with Gasteiger partial charge in [-0.3, -0.25) is 0 Å². The maximum Gasteiger partial charge on any atom is 0.122 e. The Morgan fingerprint density at radius 3 is 0.726 bits per heavy atom. The summed E-state index contributed by atoms with van der Waals surface area (Å²) < 4.78 is 31.6. The van der Waals surface area contributed by atoms with Crippen molar-refractivity contribution in [3.05, 3.63) is 315 Å². The number of ether oxygens (including phenoxy) is 6. The van der Waals surface area contributed by atoms with Crippen molar-refractivity contribution in [3.8, 4) is 34.5 Å². The summed E-state index contributed by atoms with van der Waals surface area (Å²) in [5.41, 5.74) is 34.0. The summed E-state index contributed by atoms with van der Waals surface area (Å²) in [5.74, 6) is 11.6. The van der Waals surface area contributed by atoms with Crippen LogP contribution in [0.5, 0.6) is 34.5 Å². The molecule has 10 rings (SSSR count). The predicted octanol–water partition coefficient (Wildman–Crippen LogP) is 32.8. The van der Waals surface area contributed by atoms with Crippen molar-refractivity contribution in [1.82, 2.24) is 0 Å². The number of benzene rings is 10. The summed E-state index contributed by atoms with van der Waals surface area (Å²) in [6.07, 6.45) is 0. The van der Waals surface area contributed by atoms with Crippen molar-refractivity contribution < 1.29 is 28.4 Å². The molecule has 0 aliphatic carbocycles. The number of hydrogen-bond acceptors (Lipinski definition) is 6. The van der Waals surface area contributed by atoms with Crippen LogP contribution in [0.1, 0.15) is 337 Å². The molecule has 0 saturated carbocycles. The van der Waals surface area contributed by atoms with Crippen LogP contribution >= 0.6 is 0 Å². The summed E-state index contributed by atoms with van der Waals surface area (Å²) in [6, 6.07) is 62.4. The highest BCUT2D eigenvalue weighted by molar-refractivity contribution is 5.46. The third kappa shape index (κ3) is 38.1. The SMILES string of the molecule is COc1cc(C)c(C)cc1C(C)C.COc1cc(C)ccc1C(C)C.COc1ccc(C)cc1C(C)C.COc1ccc(C)cc1C(C)C.COc1ccc(OC)c(C(C)C)c1.Cc1cc(C)c(C(C)C)cc1C.Cc1ccc(C(C)C)c(C)c1.Cc1ccc(C(C)C)c(C)c1.Cc1ccc(C(C)C)c(C)c1.Cc1cccc(C(C)C)c1. The first-order valence-corrected chi connectivity index (χ1v) is 42.9. The van der Waals surface area contributed by atoms with Gasteiger partial charge in [-0.15, -0.1) is 0 Å². The summed E-state index contributed by atoms with van der Waals surface area (Å²) in [5, 5.41) is 0. The zero-order valence-corrected chi connectivity index (χ0v) is 81.5. The van der Waals surface area contributed by atoms with Gasteiger partial charge in [-0.1, -0.05) is 305 Å². The van der Waals surface area contributed by atoms with Crippen molar-refractivity contribution in [3.63, 3.8) is 0 Å². The first-order chi connectivity index (χ1) is 54.7. The Morgan fingerprint density at radius 2 is 0.419 bits per heavy atom. The number of aryl methyl sites for hydroxylation is 15. The van der Waals surface area contributed by atoms with E-state index in [4.69, 9.17) is 28.4 Å². The van der Waals surface area contributed by atoms with Gasteiger partial charge >= 0.3 is 0 Å². The van der Waals surface area contributed by atoms with Crippen molar-refractivity contribution >= 4 is 0 Å². The van der Waals surface area contributed by atoms with Crippen LogP contribution in [0.3, 0.4) is 0 Å². The lowest BCUT2D eigenvalue weighted by molar-refractivity contribution is 0.397. The molecule has 0 N–H and O–H groups in total. The van der Waals surface area contributed by atoms with E-state index in [-0.39, 0.29) is 0 Å². The first kappa shape index (κ1) is 106. The zero-order valence-electron chi connectivity index (χ0n) is 81.5. The second-order valence-electron chi connectivity index (χ2n) is 34.9. The van der Waals surface area contributed by atoms with Crippen LogP contribution in [0.4, 0.5) is 0 Å². The molecule has 0 fully saturated rings. The molecule has 0 bridgehead atoms. The minimum Gasteiger partial charge on any atom is -0.497 e. The molecule has 0 aliphatic heterocycles. The third-order valence-electron chi connectivity index (χ3n) is 20.9. The molecule has 0 saturated heterocycles. The quantitative estimate of drug-likeness (QED) is 0.0961. The average Bonchev–Trinajstić information content (AvgIpc) is 0.839. The van der Waals surface area contributed by atoms with E-state index in [2.05, 4.69) is 388 Å². The van der Waals surface area contributed by atoms with E-state index in [1.807, 2.05) is 30.3 Å². The van der Waals surface area contributed by atoms with Gasteiger partial charge in [0, 0.05) is 5.56 Å². The molecule has 0 spiro atoms. The van der Waals surface area contributed by atoms with Gasteiger partial charge in [0.1, 0.15) is 34.5 Å². The number of methoxy groups -OCH3 is 6. The lowest BCUT2D eigenvalue weighted by Gasteiger charge is -2.14. The van der Waals surface area contributed by atoms with Gasteiger partial charge in [0.05, 0.1) is 42.7 Å². The fourth-order valence-corrected chi connectivity index (χ4v) is 13.7. The molecule has 0 radical (unpaired) electrons. The summed E-state index contributed by atoms with van der Waals surface area (Å²) in [4.78, 5) is 0. The molecule has 6 nitrogen and oxygen atoms in total. The van der Waals surface area contributed by atoms with Crippen molar-refractivity contribution in [2.24, 2.45) is 0 Å². The minimum absolute atomic E-state index is 0.449. The van der Waals surface area contributed by atoms with Crippen LogP contribution in [0, 0.1) is 104 Å². The molecule has 10 aromatic carbocycles. The highest BCUT2D eigenvalue weighted by Crippen LogP contribution is 2.34. The van der Waals surface area contributed by atoms with E-state index >= 15 is 0 Å². The van der Waals surface area contributed by atoms with Gasteiger partial charge in [0.25, 0.3) is 0 Å². The summed E-state index contributed by atoms with van der Waals surface area (Å²) >= 11 is 0. The molecule has 0 unspecified atom stereocenters. The zero-order chi connectivity index (χ0) is 89.4. The fourth-order valence-electron chi connectivity index (χ4n) is 13.7. The molecular formula is C111H162O6. The predicted molar refractivity (Wildman–Crippen MR) is 516 cm³/mol. The second kappa shape index (κ2) is 54.2. The molecule has 0 amide bonds. The molecule has 117 heavy (non-hydrogen) atoms. The highest BCUT2D eigenvalue weighted by Gasteiger charge is 2.14. The van der Waals surface area contributed by atoms with Crippen molar-refractivity contribution in [1.29, 1.82) is 0 Å². The van der Waals surface area contributed by atoms with E-state index in [1.54, 1.807) is 42.7 Å². The Hall–Kier alpha value is -9.00. The Labute approximate surface area is 717 Å².